The topological polar surface area (TPSA) is 150 Å². The van der Waals surface area contributed by atoms with Crippen molar-refractivity contribution < 1.29 is 19.4 Å². The number of benzene rings is 1. The maximum absolute atomic E-state index is 12.6. The highest BCUT2D eigenvalue weighted by Crippen LogP contribution is 2.38. The van der Waals surface area contributed by atoms with Crippen LogP contribution in [0.3, 0.4) is 0 Å². The SMILES string of the molecule is CN1C(=O)c2ccc(Nc3cc(N[C@H](CO)c4ccccc4)c(-c4nnc(C(C)(C)O)o4)cn3)nc2C1(C)C. The van der Waals surface area contributed by atoms with Gasteiger partial charge in [-0.05, 0) is 45.4 Å². The molecule has 11 nitrogen and oxygen atoms in total. The summed E-state index contributed by atoms with van der Waals surface area (Å²) in [6.07, 6.45) is 1.57. The average Bonchev–Trinajstić information content (AvgIpc) is 3.47. The zero-order valence-electron chi connectivity index (χ0n) is 22.4. The third kappa shape index (κ3) is 4.93. The summed E-state index contributed by atoms with van der Waals surface area (Å²) >= 11 is 0. The van der Waals surface area contributed by atoms with E-state index in [1.54, 1.807) is 50.2 Å². The molecule has 0 spiro atoms. The molecule has 0 unspecified atom stereocenters. The van der Waals surface area contributed by atoms with Crippen LogP contribution < -0.4 is 10.6 Å². The molecule has 11 heteroatoms. The van der Waals surface area contributed by atoms with E-state index in [1.165, 1.54) is 0 Å². The highest BCUT2D eigenvalue weighted by molar-refractivity contribution is 5.99. The van der Waals surface area contributed by atoms with Crippen molar-refractivity contribution in [3.05, 3.63) is 77.4 Å². The number of nitrogens with zero attached hydrogens (tertiary/aromatic N) is 5. The van der Waals surface area contributed by atoms with Gasteiger partial charge in [0.05, 0.1) is 40.7 Å². The Morgan fingerprint density at radius 1 is 1.08 bits per heavy atom. The van der Waals surface area contributed by atoms with Gasteiger partial charge in [0.2, 0.25) is 5.89 Å². The van der Waals surface area contributed by atoms with E-state index in [-0.39, 0.29) is 24.3 Å². The number of aliphatic hydroxyl groups excluding tert-OH is 1. The number of rotatable bonds is 8. The maximum atomic E-state index is 12.6. The summed E-state index contributed by atoms with van der Waals surface area (Å²) in [6, 6.07) is 14.4. The molecule has 1 atom stereocenters. The molecule has 1 aromatic carbocycles. The lowest BCUT2D eigenvalue weighted by atomic mass is 10.00. The Kier molecular flexibility index (Phi) is 6.57. The van der Waals surface area contributed by atoms with Crippen molar-refractivity contribution in [1.82, 2.24) is 25.1 Å². The largest absolute Gasteiger partial charge is 0.417 e. The summed E-state index contributed by atoms with van der Waals surface area (Å²) in [4.78, 5) is 23.5. The second-order valence-corrected chi connectivity index (χ2v) is 10.5. The molecule has 1 amide bonds. The Hall–Kier alpha value is -4.35. The van der Waals surface area contributed by atoms with Crippen molar-refractivity contribution in [3.63, 3.8) is 0 Å². The lowest BCUT2D eigenvalue weighted by Crippen LogP contribution is -2.35. The van der Waals surface area contributed by atoms with E-state index in [1.807, 2.05) is 44.2 Å². The number of hydrogen-bond donors (Lipinski definition) is 4. The zero-order chi connectivity index (χ0) is 27.9. The molecule has 1 aliphatic heterocycles. The highest BCUT2D eigenvalue weighted by atomic mass is 16.4. The van der Waals surface area contributed by atoms with E-state index < -0.39 is 17.2 Å². The first-order chi connectivity index (χ1) is 18.5. The normalized spacial score (nSPS) is 15.3. The lowest BCUT2D eigenvalue weighted by Gasteiger charge is -2.27. The molecule has 4 aromatic rings. The van der Waals surface area contributed by atoms with Crippen molar-refractivity contribution in [2.45, 2.75) is 44.9 Å². The van der Waals surface area contributed by atoms with E-state index in [0.29, 0.717) is 34.1 Å². The van der Waals surface area contributed by atoms with Crippen LogP contribution in [0.5, 0.6) is 0 Å². The van der Waals surface area contributed by atoms with Gasteiger partial charge >= 0.3 is 0 Å². The van der Waals surface area contributed by atoms with Gasteiger partial charge in [-0.1, -0.05) is 30.3 Å². The zero-order valence-corrected chi connectivity index (χ0v) is 22.4. The number of aliphatic hydroxyl groups is 2. The van der Waals surface area contributed by atoms with Crippen LogP contribution in [0, 0.1) is 0 Å². The van der Waals surface area contributed by atoms with Crippen LogP contribution in [0.25, 0.3) is 11.5 Å². The molecule has 39 heavy (non-hydrogen) atoms. The average molecular weight is 530 g/mol. The molecular weight excluding hydrogens is 498 g/mol. The van der Waals surface area contributed by atoms with Gasteiger partial charge in [-0.25, -0.2) is 9.97 Å². The van der Waals surface area contributed by atoms with E-state index in [4.69, 9.17) is 9.40 Å². The van der Waals surface area contributed by atoms with E-state index in [2.05, 4.69) is 25.8 Å². The number of carbonyl (C=O) groups excluding carboxylic acids is 1. The summed E-state index contributed by atoms with van der Waals surface area (Å²) < 4.78 is 5.76. The van der Waals surface area contributed by atoms with E-state index in [9.17, 15) is 15.0 Å². The number of amides is 1. The summed E-state index contributed by atoms with van der Waals surface area (Å²) in [5.74, 6) is 1.16. The number of nitrogens with one attached hydrogen (secondary N) is 2. The van der Waals surface area contributed by atoms with Gasteiger partial charge in [-0.2, -0.15) is 0 Å². The molecule has 0 saturated carbocycles. The third-order valence-electron chi connectivity index (χ3n) is 6.90. The van der Waals surface area contributed by atoms with E-state index >= 15 is 0 Å². The fourth-order valence-corrected chi connectivity index (χ4v) is 4.39. The maximum Gasteiger partial charge on any atom is 0.256 e. The number of anilines is 3. The minimum atomic E-state index is -1.31. The highest BCUT2D eigenvalue weighted by Gasteiger charge is 2.42. The second kappa shape index (κ2) is 9.75. The van der Waals surface area contributed by atoms with Crippen LogP contribution in [-0.4, -0.2) is 54.8 Å². The standard InChI is InChI=1S/C28H31N7O4/c1-27(2)23-17(25(37)35(27)5)11-12-21(32-23)31-22-13-19(30-20(15-36)16-9-7-6-8-10-16)18(14-29-22)24-33-34-26(39-24)28(3,4)38/h6-14,20,36,38H,15H2,1-5H3,(H2,29,30,31,32)/t20-/m1/s1. The smallest absolute Gasteiger partial charge is 0.256 e. The van der Waals surface area contributed by atoms with Crippen LogP contribution in [0.1, 0.15) is 61.2 Å². The van der Waals surface area contributed by atoms with Crippen LogP contribution in [0.2, 0.25) is 0 Å². The first-order valence-corrected chi connectivity index (χ1v) is 12.5. The van der Waals surface area contributed by atoms with Gasteiger partial charge in [0, 0.05) is 19.3 Å². The number of hydrogen-bond acceptors (Lipinski definition) is 10. The fraction of sp³-hybridized carbons (Fsp3) is 0.321. The Labute approximate surface area is 225 Å². The molecular formula is C28H31N7O4. The molecule has 0 bridgehead atoms. The fourth-order valence-electron chi connectivity index (χ4n) is 4.39. The Balaban J connectivity index is 1.52. The minimum absolute atomic E-state index is 0.0658. The Bertz CT molecular complexity index is 1510. The summed E-state index contributed by atoms with van der Waals surface area (Å²) in [6.45, 7) is 6.85. The molecule has 0 saturated heterocycles. The molecule has 0 aliphatic carbocycles. The first-order valence-electron chi connectivity index (χ1n) is 12.5. The molecule has 3 aromatic heterocycles. The molecule has 4 N–H and O–H groups in total. The number of fused-ring (bicyclic) bond motifs is 1. The van der Waals surface area contributed by atoms with E-state index in [0.717, 1.165) is 5.56 Å². The second-order valence-electron chi connectivity index (χ2n) is 10.5. The van der Waals surface area contributed by atoms with Gasteiger partial charge in [0.1, 0.15) is 17.2 Å². The number of carbonyl (C=O) groups is 1. The van der Waals surface area contributed by atoms with Crippen LogP contribution in [0.15, 0.2) is 59.1 Å². The summed E-state index contributed by atoms with van der Waals surface area (Å²) in [5.41, 5.74) is 1.35. The van der Waals surface area contributed by atoms with Crippen molar-refractivity contribution in [2.24, 2.45) is 0 Å². The van der Waals surface area contributed by atoms with Crippen LogP contribution >= 0.6 is 0 Å². The number of pyridine rings is 2. The van der Waals surface area contributed by atoms with Gasteiger partial charge < -0.3 is 30.2 Å². The van der Waals surface area contributed by atoms with Crippen molar-refractivity contribution >= 4 is 23.2 Å². The molecule has 202 valence electrons. The first kappa shape index (κ1) is 26.3. The van der Waals surface area contributed by atoms with Gasteiger partial charge in [0.15, 0.2) is 0 Å². The molecule has 0 radical (unpaired) electrons. The molecule has 0 fully saturated rings. The number of aromatic nitrogens is 4. The molecule has 5 rings (SSSR count). The van der Waals surface area contributed by atoms with Crippen molar-refractivity contribution in [3.8, 4) is 11.5 Å². The Morgan fingerprint density at radius 3 is 2.49 bits per heavy atom. The van der Waals surface area contributed by atoms with Gasteiger partial charge in [0.25, 0.3) is 11.8 Å². The van der Waals surface area contributed by atoms with Crippen LogP contribution in [-0.2, 0) is 11.1 Å². The van der Waals surface area contributed by atoms with Crippen LogP contribution in [0.4, 0.5) is 17.3 Å². The van der Waals surface area contributed by atoms with Gasteiger partial charge in [-0.3, -0.25) is 4.79 Å². The predicted octanol–water partition coefficient (Wildman–Crippen LogP) is 3.96. The van der Waals surface area contributed by atoms with Gasteiger partial charge in [-0.15, -0.1) is 10.2 Å². The molecule has 1 aliphatic rings. The predicted molar refractivity (Wildman–Crippen MR) is 145 cm³/mol. The third-order valence-corrected chi connectivity index (χ3v) is 6.90. The Morgan fingerprint density at radius 2 is 1.82 bits per heavy atom. The summed E-state index contributed by atoms with van der Waals surface area (Å²) in [5, 5.41) is 35.1. The summed E-state index contributed by atoms with van der Waals surface area (Å²) in [7, 11) is 1.76. The minimum Gasteiger partial charge on any atom is -0.417 e. The lowest BCUT2D eigenvalue weighted by molar-refractivity contribution is 0.0487. The quantitative estimate of drug-likeness (QED) is 0.264. The monoisotopic (exact) mass is 529 g/mol. The van der Waals surface area contributed by atoms with Crippen molar-refractivity contribution in [2.75, 3.05) is 24.3 Å². The van der Waals surface area contributed by atoms with Crippen molar-refractivity contribution in [1.29, 1.82) is 0 Å². The molecule has 4 heterocycles.